The van der Waals surface area contributed by atoms with E-state index < -0.39 is 0 Å². The van der Waals surface area contributed by atoms with E-state index in [2.05, 4.69) is 24.5 Å². The van der Waals surface area contributed by atoms with Crippen LogP contribution >= 0.6 is 23.2 Å². The maximum atomic E-state index is 10.4. The number of carbonyl (C=O) groups is 2. The first-order valence-electron chi connectivity index (χ1n) is 5.28. The SMILES string of the molecule is C=C(Cl)Cl.C=CC(=O)C=C(C)C#N.C=CC(=O)OCC. The molecule has 0 unspecified atom stereocenters. The Kier molecular flexibility index (Phi) is 20.0. The lowest BCUT2D eigenvalue weighted by Gasteiger charge is -1.90. The zero-order valence-corrected chi connectivity index (χ0v) is 13.0. The van der Waals surface area contributed by atoms with Crippen molar-refractivity contribution in [1.82, 2.24) is 0 Å². The second-order valence-corrected chi connectivity index (χ2v) is 3.95. The summed E-state index contributed by atoms with van der Waals surface area (Å²) in [5.41, 5.74) is 0.403. The van der Waals surface area contributed by atoms with Crippen molar-refractivity contribution in [3.8, 4) is 6.07 Å². The highest BCUT2D eigenvalue weighted by atomic mass is 35.5. The summed E-state index contributed by atoms with van der Waals surface area (Å²) >= 11 is 9.69. The van der Waals surface area contributed by atoms with Gasteiger partial charge in [0.05, 0.1) is 17.2 Å². The lowest BCUT2D eigenvalue weighted by atomic mass is 10.2. The number of allylic oxidation sites excluding steroid dienone is 3. The van der Waals surface area contributed by atoms with E-state index in [0.29, 0.717) is 12.2 Å². The number of ketones is 1. The third-order valence-electron chi connectivity index (χ3n) is 1.19. The van der Waals surface area contributed by atoms with Crippen molar-refractivity contribution in [2.75, 3.05) is 6.61 Å². The number of ether oxygens (including phenoxy) is 1. The van der Waals surface area contributed by atoms with E-state index in [1.807, 2.05) is 6.07 Å². The Bertz CT molecular complexity index is 417. The summed E-state index contributed by atoms with van der Waals surface area (Å²) in [5.74, 6) is -0.587. The number of hydrogen-bond donors (Lipinski definition) is 0. The van der Waals surface area contributed by atoms with Gasteiger partial charge in [0.1, 0.15) is 0 Å². The molecule has 0 N–H and O–H groups in total. The minimum atomic E-state index is -0.359. The van der Waals surface area contributed by atoms with Gasteiger partial charge in [0.2, 0.25) is 0 Å². The summed E-state index contributed by atoms with van der Waals surface area (Å²) in [6.07, 6.45) is 3.55. The smallest absolute Gasteiger partial charge is 0.330 e. The van der Waals surface area contributed by atoms with Crippen molar-refractivity contribution < 1.29 is 14.3 Å². The van der Waals surface area contributed by atoms with Gasteiger partial charge in [-0.05, 0) is 26.0 Å². The Morgan fingerprint density at radius 3 is 1.95 bits per heavy atom. The molecule has 0 amide bonds. The van der Waals surface area contributed by atoms with Gasteiger partial charge >= 0.3 is 5.97 Å². The summed E-state index contributed by atoms with van der Waals surface area (Å²) in [6, 6.07) is 1.82. The first-order chi connectivity index (χ1) is 9.24. The molecule has 4 nitrogen and oxygen atoms in total. The molecule has 0 heterocycles. The highest BCUT2D eigenvalue weighted by molar-refractivity contribution is 6.55. The second kappa shape index (κ2) is 17.2. The first-order valence-corrected chi connectivity index (χ1v) is 6.04. The molecule has 0 aliphatic carbocycles. The van der Waals surface area contributed by atoms with Crippen molar-refractivity contribution >= 4 is 35.0 Å². The maximum absolute atomic E-state index is 10.4. The van der Waals surface area contributed by atoms with Crippen LogP contribution in [0.15, 0.2) is 48.0 Å². The van der Waals surface area contributed by atoms with E-state index in [9.17, 15) is 9.59 Å². The standard InChI is InChI=1S/C7H7NO.C5H8O2.C2H2Cl2/c1-3-7(9)4-6(2)5-8;1-3-5(6)7-4-2;1-2(3)4/h3-4H,1H2,2H3;3H,1,4H2,2H3;1H2. The molecule has 0 aromatic carbocycles. The van der Waals surface area contributed by atoms with Crippen LogP contribution in [-0.2, 0) is 14.3 Å². The molecule has 0 aliphatic heterocycles. The van der Waals surface area contributed by atoms with Gasteiger partial charge in [0.25, 0.3) is 0 Å². The molecule has 0 saturated heterocycles. The molecule has 0 aliphatic rings. The van der Waals surface area contributed by atoms with Crippen LogP contribution in [0.25, 0.3) is 0 Å². The van der Waals surface area contributed by atoms with Gasteiger partial charge in [-0.25, -0.2) is 4.79 Å². The third kappa shape index (κ3) is 29.8. The van der Waals surface area contributed by atoms with Crippen LogP contribution in [0.4, 0.5) is 0 Å². The van der Waals surface area contributed by atoms with E-state index in [1.165, 1.54) is 12.2 Å². The quantitative estimate of drug-likeness (QED) is 0.448. The predicted molar refractivity (Wildman–Crippen MR) is 82.3 cm³/mol. The minimum Gasteiger partial charge on any atom is -0.463 e. The molecule has 0 bridgehead atoms. The number of nitriles is 1. The fourth-order valence-corrected chi connectivity index (χ4v) is 0.506. The Labute approximate surface area is 129 Å². The Morgan fingerprint density at radius 2 is 1.75 bits per heavy atom. The lowest BCUT2D eigenvalue weighted by Crippen LogP contribution is -1.97. The van der Waals surface area contributed by atoms with Crippen LogP contribution in [0.1, 0.15) is 13.8 Å². The van der Waals surface area contributed by atoms with E-state index in [4.69, 9.17) is 28.5 Å². The van der Waals surface area contributed by atoms with E-state index in [1.54, 1.807) is 13.8 Å². The second-order valence-electron chi connectivity index (χ2n) is 2.84. The largest absolute Gasteiger partial charge is 0.463 e. The number of nitrogens with zero attached hydrogens (tertiary/aromatic N) is 1. The summed E-state index contributed by atoms with van der Waals surface area (Å²) in [5, 5.41) is 8.17. The predicted octanol–water partition coefficient (Wildman–Crippen LogP) is 3.88. The van der Waals surface area contributed by atoms with E-state index in [-0.39, 0.29) is 16.2 Å². The maximum Gasteiger partial charge on any atom is 0.330 e. The Hall–Kier alpha value is -1.83. The zero-order chi connectivity index (χ0) is 16.6. The molecule has 0 rings (SSSR count). The molecule has 0 saturated carbocycles. The van der Waals surface area contributed by atoms with Crippen molar-refractivity contribution in [3.63, 3.8) is 0 Å². The van der Waals surface area contributed by atoms with Crippen molar-refractivity contribution in [2.24, 2.45) is 0 Å². The summed E-state index contributed by atoms with van der Waals surface area (Å²) in [6.45, 7) is 13.3. The van der Waals surface area contributed by atoms with Crippen LogP contribution in [0.5, 0.6) is 0 Å². The molecule has 0 fully saturated rings. The summed E-state index contributed by atoms with van der Waals surface area (Å²) < 4.78 is 4.55. The van der Waals surface area contributed by atoms with Gasteiger partial charge in [-0.2, -0.15) is 5.26 Å². The molecule has 6 heteroatoms. The normalized spacial score (nSPS) is 8.45. The van der Waals surface area contributed by atoms with E-state index in [0.717, 1.165) is 6.08 Å². The van der Waals surface area contributed by atoms with Gasteiger partial charge in [-0.15, -0.1) is 0 Å². The molecule has 0 atom stereocenters. The van der Waals surface area contributed by atoms with Crippen LogP contribution in [0, 0.1) is 11.3 Å². The number of hydrogen-bond acceptors (Lipinski definition) is 4. The molecule has 110 valence electrons. The number of esters is 1. The van der Waals surface area contributed by atoms with Gasteiger partial charge in [-0.1, -0.05) is 42.9 Å². The fraction of sp³-hybridized carbons (Fsp3) is 0.214. The topological polar surface area (TPSA) is 67.2 Å². The molecule has 0 spiro atoms. The van der Waals surface area contributed by atoms with Crippen LogP contribution in [-0.4, -0.2) is 18.4 Å². The van der Waals surface area contributed by atoms with Gasteiger partial charge in [-0.3, -0.25) is 4.79 Å². The lowest BCUT2D eigenvalue weighted by molar-refractivity contribution is -0.137. The van der Waals surface area contributed by atoms with E-state index >= 15 is 0 Å². The highest BCUT2D eigenvalue weighted by Crippen LogP contribution is 1.98. The number of halogens is 2. The Morgan fingerprint density at radius 1 is 1.30 bits per heavy atom. The highest BCUT2D eigenvalue weighted by Gasteiger charge is 1.88. The molecular weight excluding hydrogens is 301 g/mol. The summed E-state index contributed by atoms with van der Waals surface area (Å²) in [7, 11) is 0. The third-order valence-corrected chi connectivity index (χ3v) is 1.19. The van der Waals surface area contributed by atoms with Crippen LogP contribution in [0.2, 0.25) is 0 Å². The molecule has 0 aromatic heterocycles. The van der Waals surface area contributed by atoms with Crippen LogP contribution in [0.3, 0.4) is 0 Å². The number of rotatable bonds is 4. The molecule has 0 radical (unpaired) electrons. The van der Waals surface area contributed by atoms with Gasteiger partial charge in [0.15, 0.2) is 5.78 Å². The Balaban J connectivity index is -0.000000234. The average molecular weight is 318 g/mol. The minimum absolute atomic E-state index is 0.111. The molecule has 20 heavy (non-hydrogen) atoms. The average Bonchev–Trinajstić information content (AvgIpc) is 2.38. The molecular formula is C14H17Cl2NO3. The van der Waals surface area contributed by atoms with Gasteiger partial charge < -0.3 is 4.74 Å². The fourth-order valence-electron chi connectivity index (χ4n) is 0.506. The van der Waals surface area contributed by atoms with Crippen molar-refractivity contribution in [1.29, 1.82) is 5.26 Å². The van der Waals surface area contributed by atoms with Crippen LogP contribution < -0.4 is 0 Å². The van der Waals surface area contributed by atoms with Crippen molar-refractivity contribution in [3.05, 3.63) is 48.0 Å². The molecule has 0 aromatic rings. The first kappa shape index (κ1) is 23.3. The number of carbonyl (C=O) groups excluding carboxylic acids is 2. The van der Waals surface area contributed by atoms with Gasteiger partial charge in [0, 0.05) is 11.6 Å². The zero-order valence-electron chi connectivity index (χ0n) is 11.5. The monoisotopic (exact) mass is 317 g/mol. The van der Waals surface area contributed by atoms with Crippen molar-refractivity contribution in [2.45, 2.75) is 13.8 Å². The summed E-state index contributed by atoms with van der Waals surface area (Å²) in [4.78, 5) is 20.5.